The lowest BCUT2D eigenvalue weighted by atomic mass is 9.98. The molecule has 2 aliphatic rings. The molecule has 2 aromatic heterocycles. The Morgan fingerprint density at radius 1 is 0.796 bits per heavy atom. The predicted molar refractivity (Wildman–Crippen MR) is 186 cm³/mol. The van der Waals surface area contributed by atoms with Crippen molar-refractivity contribution in [3.63, 3.8) is 0 Å². The largest absolute Gasteiger partial charge is 0.392 e. The highest BCUT2D eigenvalue weighted by Crippen LogP contribution is 2.39. The van der Waals surface area contributed by atoms with Gasteiger partial charge in [-0.3, -0.25) is 14.7 Å². The maximum atomic E-state index is 12.5. The molecule has 7 rings (SSSR count). The Morgan fingerprint density at radius 3 is 2.31 bits per heavy atom. The number of benzene rings is 3. The van der Waals surface area contributed by atoms with E-state index in [1.165, 1.54) is 0 Å². The van der Waals surface area contributed by atoms with Crippen LogP contribution in [-0.4, -0.2) is 69.7 Å². The van der Waals surface area contributed by atoms with Crippen molar-refractivity contribution in [2.75, 3.05) is 37.6 Å². The zero-order chi connectivity index (χ0) is 33.4. The van der Waals surface area contributed by atoms with Gasteiger partial charge in [-0.05, 0) is 52.1 Å². The van der Waals surface area contributed by atoms with Crippen LogP contribution in [0.3, 0.4) is 0 Å². The van der Waals surface area contributed by atoms with Gasteiger partial charge in [-0.25, -0.2) is 9.97 Å². The number of carbonyl (C=O) groups is 1. The van der Waals surface area contributed by atoms with Crippen molar-refractivity contribution in [3.8, 4) is 11.1 Å². The third kappa shape index (κ3) is 8.18. The second kappa shape index (κ2) is 15.5. The van der Waals surface area contributed by atoms with Crippen molar-refractivity contribution in [3.05, 3.63) is 144 Å². The molecule has 1 amide bonds. The SMILES string of the molecule is O=C(NCc1cccc(-c2ccc([C@@H]3O[C@H](CN4CCN(c5ncccn5)CC4)C[C@H](c4ccc(CO)cc4)O3)cc2)c1)c1cccnc1. The number of nitrogens with zero attached hydrogens (tertiary/aromatic N) is 5. The van der Waals surface area contributed by atoms with Gasteiger partial charge in [-0.1, -0.05) is 66.7 Å². The summed E-state index contributed by atoms with van der Waals surface area (Å²) < 4.78 is 13.3. The van der Waals surface area contributed by atoms with Crippen molar-refractivity contribution in [1.29, 1.82) is 0 Å². The van der Waals surface area contributed by atoms with Crippen LogP contribution in [0.2, 0.25) is 0 Å². The summed E-state index contributed by atoms with van der Waals surface area (Å²) in [6, 6.07) is 29.9. The maximum absolute atomic E-state index is 12.5. The molecule has 250 valence electrons. The molecule has 10 nitrogen and oxygen atoms in total. The van der Waals surface area contributed by atoms with E-state index in [4.69, 9.17) is 9.47 Å². The first-order valence-electron chi connectivity index (χ1n) is 16.7. The van der Waals surface area contributed by atoms with Gasteiger partial charge in [-0.2, -0.15) is 0 Å². The van der Waals surface area contributed by atoms with Crippen molar-refractivity contribution >= 4 is 11.9 Å². The van der Waals surface area contributed by atoms with Gasteiger partial charge in [0.1, 0.15) is 0 Å². The zero-order valence-corrected chi connectivity index (χ0v) is 27.3. The third-order valence-electron chi connectivity index (χ3n) is 9.10. The smallest absolute Gasteiger partial charge is 0.253 e. The molecule has 0 radical (unpaired) electrons. The van der Waals surface area contributed by atoms with Crippen molar-refractivity contribution < 1.29 is 19.4 Å². The fraction of sp³-hybridized carbons (Fsp3) is 0.282. The Labute approximate surface area is 286 Å². The van der Waals surface area contributed by atoms with Gasteiger partial charge in [0.05, 0.1) is 24.4 Å². The standard InChI is InChI=1S/C39H40N6O4/c46-27-28-7-9-31(10-8-28)36-23-35(26-44-18-20-45(21-19-44)39-41-16-3-17-42-39)48-38(49-36)32-13-11-30(12-14-32)33-5-1-4-29(22-33)24-43-37(47)34-6-2-15-40-25-34/h1-17,22,25,35-36,38,46H,18-21,23-24,26-27H2,(H,43,47)/t35-,36+,38+/m0/s1. The molecule has 0 unspecified atom stereocenters. The van der Waals surface area contributed by atoms with E-state index in [-0.39, 0.29) is 24.7 Å². The van der Waals surface area contributed by atoms with Crippen LogP contribution in [-0.2, 0) is 22.6 Å². The molecule has 0 bridgehead atoms. The van der Waals surface area contributed by atoms with Gasteiger partial charge in [0.25, 0.3) is 5.91 Å². The molecule has 4 heterocycles. The highest BCUT2D eigenvalue weighted by molar-refractivity contribution is 5.93. The number of carbonyl (C=O) groups excluding carboxylic acids is 1. The number of amides is 1. The third-order valence-corrected chi connectivity index (χ3v) is 9.10. The first-order valence-corrected chi connectivity index (χ1v) is 16.7. The summed E-state index contributed by atoms with van der Waals surface area (Å²) in [7, 11) is 0. The normalized spacial score (nSPS) is 19.8. The van der Waals surface area contributed by atoms with Crippen molar-refractivity contribution in [1.82, 2.24) is 25.2 Å². The highest BCUT2D eigenvalue weighted by Gasteiger charge is 2.34. The number of pyridine rings is 1. The molecule has 3 atom stereocenters. The Hall–Kier alpha value is -5.00. The van der Waals surface area contributed by atoms with Crippen LogP contribution in [0.25, 0.3) is 11.1 Å². The topological polar surface area (TPSA) is 113 Å². The summed E-state index contributed by atoms with van der Waals surface area (Å²) >= 11 is 0. The van der Waals surface area contributed by atoms with Crippen LogP contribution in [0.4, 0.5) is 5.95 Å². The van der Waals surface area contributed by atoms with Gasteiger partial charge in [-0.15, -0.1) is 0 Å². The van der Waals surface area contributed by atoms with Gasteiger partial charge in [0.15, 0.2) is 6.29 Å². The summed E-state index contributed by atoms with van der Waals surface area (Å²) in [5, 5.41) is 12.5. The van der Waals surface area contributed by atoms with Gasteiger partial charge >= 0.3 is 0 Å². The van der Waals surface area contributed by atoms with Crippen LogP contribution < -0.4 is 10.2 Å². The Balaban J connectivity index is 1.03. The van der Waals surface area contributed by atoms with E-state index in [0.29, 0.717) is 12.1 Å². The molecular formula is C39H40N6O4. The summed E-state index contributed by atoms with van der Waals surface area (Å²) in [5.41, 5.74) is 6.57. The van der Waals surface area contributed by atoms with Crippen LogP contribution in [0.15, 0.2) is 116 Å². The van der Waals surface area contributed by atoms with Crippen LogP contribution in [0, 0.1) is 0 Å². The number of aromatic nitrogens is 3. The minimum absolute atomic E-state index is 0.00938. The van der Waals surface area contributed by atoms with Crippen molar-refractivity contribution in [2.24, 2.45) is 0 Å². The number of piperazine rings is 1. The van der Waals surface area contributed by atoms with E-state index < -0.39 is 6.29 Å². The molecule has 3 aromatic carbocycles. The first-order chi connectivity index (χ1) is 24.1. The quantitative estimate of drug-likeness (QED) is 0.206. The van der Waals surface area contributed by atoms with E-state index in [1.54, 1.807) is 36.9 Å². The number of nitrogens with one attached hydrogen (secondary N) is 1. The number of anilines is 1. The van der Waals surface area contributed by atoms with Gasteiger partial charge in [0, 0.05) is 76.0 Å². The second-order valence-corrected chi connectivity index (χ2v) is 12.4. The summed E-state index contributed by atoms with van der Waals surface area (Å²) in [6.45, 7) is 4.76. The zero-order valence-electron chi connectivity index (χ0n) is 27.3. The van der Waals surface area contributed by atoms with Crippen molar-refractivity contribution in [2.45, 2.75) is 38.1 Å². The van der Waals surface area contributed by atoms with E-state index in [9.17, 15) is 9.90 Å². The van der Waals surface area contributed by atoms with E-state index in [1.807, 2.05) is 42.5 Å². The fourth-order valence-corrected chi connectivity index (χ4v) is 6.38. The first kappa shape index (κ1) is 32.5. The predicted octanol–water partition coefficient (Wildman–Crippen LogP) is 5.33. The van der Waals surface area contributed by atoms with Crippen LogP contribution >= 0.6 is 0 Å². The lowest BCUT2D eigenvalue weighted by Gasteiger charge is -2.40. The number of aliphatic hydroxyl groups is 1. The number of aliphatic hydroxyl groups excluding tert-OH is 1. The Morgan fingerprint density at radius 2 is 1.57 bits per heavy atom. The molecule has 2 fully saturated rings. The van der Waals surface area contributed by atoms with Crippen LogP contribution in [0.5, 0.6) is 0 Å². The molecule has 2 aliphatic heterocycles. The Bertz CT molecular complexity index is 1800. The Kier molecular flexibility index (Phi) is 10.3. The number of ether oxygens (including phenoxy) is 2. The van der Waals surface area contributed by atoms with Crippen LogP contribution in [0.1, 0.15) is 51.4 Å². The summed E-state index contributed by atoms with van der Waals surface area (Å²) in [5.74, 6) is 0.624. The van der Waals surface area contributed by atoms with Gasteiger partial charge in [0.2, 0.25) is 5.95 Å². The molecule has 10 heteroatoms. The van der Waals surface area contributed by atoms with Gasteiger partial charge < -0.3 is 24.8 Å². The number of rotatable bonds is 10. The second-order valence-electron chi connectivity index (χ2n) is 12.4. The van der Waals surface area contributed by atoms with E-state index >= 15 is 0 Å². The molecule has 5 aromatic rings. The molecule has 0 saturated carbocycles. The average Bonchev–Trinajstić information content (AvgIpc) is 3.18. The minimum Gasteiger partial charge on any atom is -0.392 e. The van der Waals surface area contributed by atoms with E-state index in [0.717, 1.165) is 78.5 Å². The van der Waals surface area contributed by atoms with E-state index in [2.05, 4.69) is 66.5 Å². The monoisotopic (exact) mass is 656 g/mol. The molecule has 0 spiro atoms. The lowest BCUT2D eigenvalue weighted by molar-refractivity contribution is -0.253. The average molecular weight is 657 g/mol. The minimum atomic E-state index is -0.525. The molecule has 2 N–H and O–H groups in total. The number of hydrogen-bond acceptors (Lipinski definition) is 9. The molecule has 0 aliphatic carbocycles. The fourth-order valence-electron chi connectivity index (χ4n) is 6.38. The molecule has 49 heavy (non-hydrogen) atoms. The summed E-state index contributed by atoms with van der Waals surface area (Å²) in [6.07, 6.45) is 6.82. The molecular weight excluding hydrogens is 616 g/mol. The summed E-state index contributed by atoms with van der Waals surface area (Å²) in [4.78, 5) is 30.1. The maximum Gasteiger partial charge on any atom is 0.253 e. The lowest BCUT2D eigenvalue weighted by Crippen LogP contribution is -2.50. The number of hydrogen-bond donors (Lipinski definition) is 2. The highest BCUT2D eigenvalue weighted by atomic mass is 16.7. The molecule has 2 saturated heterocycles.